The maximum Gasteiger partial charge on any atom is 0.219 e. The summed E-state index contributed by atoms with van der Waals surface area (Å²) in [7, 11) is 0. The molecule has 0 aliphatic carbocycles. The lowest BCUT2D eigenvalue weighted by Crippen LogP contribution is -2.69. The van der Waals surface area contributed by atoms with E-state index in [9.17, 15) is 20.1 Å². The molecule has 1 heterocycles. The van der Waals surface area contributed by atoms with Crippen LogP contribution in [0.1, 0.15) is 6.92 Å². The third-order valence-corrected chi connectivity index (χ3v) is 2.28. The van der Waals surface area contributed by atoms with Gasteiger partial charge in [0.1, 0.15) is 18.3 Å². The van der Waals surface area contributed by atoms with Crippen molar-refractivity contribution in [3.63, 3.8) is 0 Å². The summed E-state index contributed by atoms with van der Waals surface area (Å²) >= 11 is 0. The summed E-state index contributed by atoms with van der Waals surface area (Å²) in [5.41, 5.74) is -2.02. The highest BCUT2D eigenvalue weighted by Gasteiger charge is 2.48. The van der Waals surface area contributed by atoms with Crippen molar-refractivity contribution in [2.75, 3.05) is 13.2 Å². The fraction of sp³-hybridized carbons (Fsp3) is 0.875. The Morgan fingerprint density at radius 3 is 2.67 bits per heavy atom. The van der Waals surface area contributed by atoms with Gasteiger partial charge in [-0.15, -0.1) is 0 Å². The maximum absolute atomic E-state index is 10.8. The van der Waals surface area contributed by atoms with E-state index in [1.54, 1.807) is 0 Å². The second kappa shape index (κ2) is 4.42. The Kier molecular flexibility index (Phi) is 3.63. The highest BCUT2D eigenvalue weighted by atomic mass is 16.5. The smallest absolute Gasteiger partial charge is 0.219 e. The summed E-state index contributed by atoms with van der Waals surface area (Å²) in [6.45, 7) is 0.291. The van der Waals surface area contributed by atoms with Gasteiger partial charge in [0.2, 0.25) is 5.91 Å². The molecule has 0 unspecified atom stereocenters. The van der Waals surface area contributed by atoms with E-state index >= 15 is 0 Å². The lowest BCUT2D eigenvalue weighted by molar-refractivity contribution is -0.249. The molecule has 7 nitrogen and oxygen atoms in total. The molecule has 1 aliphatic rings. The zero-order valence-corrected chi connectivity index (χ0v) is 8.25. The van der Waals surface area contributed by atoms with Crippen molar-refractivity contribution in [3.05, 3.63) is 0 Å². The van der Waals surface area contributed by atoms with Gasteiger partial charge in [-0.05, 0) is 0 Å². The largest absolute Gasteiger partial charge is 0.394 e. The Labute approximate surface area is 86.3 Å². The van der Waals surface area contributed by atoms with Crippen molar-refractivity contribution < 1.29 is 30.0 Å². The van der Waals surface area contributed by atoms with Gasteiger partial charge in [-0.2, -0.15) is 0 Å². The Bertz CT molecular complexity index is 247. The highest BCUT2D eigenvalue weighted by Crippen LogP contribution is 2.22. The minimum absolute atomic E-state index is 0.393. The number of amides is 1. The fourth-order valence-corrected chi connectivity index (χ4v) is 1.48. The second-order valence-electron chi connectivity index (χ2n) is 3.57. The van der Waals surface area contributed by atoms with Gasteiger partial charge < -0.3 is 30.5 Å². The van der Waals surface area contributed by atoms with Gasteiger partial charge in [-0.25, -0.2) is 0 Å². The first kappa shape index (κ1) is 12.3. The van der Waals surface area contributed by atoms with Gasteiger partial charge in [0.15, 0.2) is 5.72 Å². The number of rotatable bonds is 2. The number of carbonyl (C=O) groups is 1. The first-order valence-corrected chi connectivity index (χ1v) is 4.50. The molecule has 4 atom stereocenters. The zero-order valence-electron chi connectivity index (χ0n) is 8.25. The lowest BCUT2D eigenvalue weighted by atomic mass is 9.95. The Balaban J connectivity index is 2.74. The third kappa shape index (κ3) is 2.44. The quantitative estimate of drug-likeness (QED) is 0.316. The summed E-state index contributed by atoms with van der Waals surface area (Å²) in [6.07, 6.45) is -4.03. The number of nitrogens with one attached hydrogen (secondary N) is 1. The first-order chi connectivity index (χ1) is 6.90. The van der Waals surface area contributed by atoms with E-state index in [1.807, 2.05) is 0 Å². The van der Waals surface area contributed by atoms with E-state index in [0.717, 1.165) is 6.92 Å². The molecule has 0 bridgehead atoms. The Morgan fingerprint density at radius 2 is 2.20 bits per heavy atom. The average molecular weight is 221 g/mol. The third-order valence-electron chi connectivity index (χ3n) is 2.28. The van der Waals surface area contributed by atoms with Gasteiger partial charge in [0.05, 0.1) is 13.2 Å². The van der Waals surface area contributed by atoms with Crippen LogP contribution in [0.25, 0.3) is 0 Å². The van der Waals surface area contributed by atoms with Crippen LogP contribution in [-0.4, -0.2) is 63.6 Å². The molecule has 1 fully saturated rings. The molecular weight excluding hydrogens is 206 g/mol. The minimum atomic E-state index is -2.02. The molecular formula is C8H15NO6. The summed E-state index contributed by atoms with van der Waals surface area (Å²) < 4.78 is 4.90. The number of hydrogen-bond donors (Lipinski definition) is 5. The SMILES string of the molecule is CC(=O)N[C@@]1(O)CO[C@H](CO)[C@@H](O)[C@@H]1O. The maximum atomic E-state index is 10.8. The highest BCUT2D eigenvalue weighted by molar-refractivity contribution is 5.73. The summed E-state index contributed by atoms with van der Waals surface area (Å²) in [5, 5.41) is 39.6. The first-order valence-electron chi connectivity index (χ1n) is 4.50. The molecule has 15 heavy (non-hydrogen) atoms. The molecule has 1 saturated heterocycles. The van der Waals surface area contributed by atoms with Crippen LogP contribution in [0.5, 0.6) is 0 Å². The Morgan fingerprint density at radius 1 is 1.60 bits per heavy atom. The lowest BCUT2D eigenvalue weighted by Gasteiger charge is -2.42. The van der Waals surface area contributed by atoms with E-state index < -0.39 is 43.2 Å². The van der Waals surface area contributed by atoms with Gasteiger partial charge in [-0.1, -0.05) is 0 Å². The molecule has 1 rings (SSSR count). The van der Waals surface area contributed by atoms with E-state index in [1.165, 1.54) is 0 Å². The van der Waals surface area contributed by atoms with Crippen molar-refractivity contribution in [1.82, 2.24) is 5.32 Å². The summed E-state index contributed by atoms with van der Waals surface area (Å²) in [4.78, 5) is 10.8. The molecule has 5 N–H and O–H groups in total. The summed E-state index contributed by atoms with van der Waals surface area (Å²) in [5.74, 6) is -0.560. The van der Waals surface area contributed by atoms with Crippen LogP contribution in [0.2, 0.25) is 0 Å². The van der Waals surface area contributed by atoms with E-state index in [4.69, 9.17) is 9.84 Å². The predicted molar refractivity (Wildman–Crippen MR) is 47.6 cm³/mol. The van der Waals surface area contributed by atoms with E-state index in [0.29, 0.717) is 0 Å². The van der Waals surface area contributed by atoms with Crippen LogP contribution in [-0.2, 0) is 9.53 Å². The molecule has 0 aromatic rings. The molecule has 1 aliphatic heterocycles. The molecule has 0 aromatic carbocycles. The van der Waals surface area contributed by atoms with Crippen LogP contribution in [0.4, 0.5) is 0 Å². The molecule has 0 spiro atoms. The number of aliphatic hydroxyl groups excluding tert-OH is 3. The van der Waals surface area contributed by atoms with Gasteiger partial charge in [0, 0.05) is 6.92 Å². The van der Waals surface area contributed by atoms with E-state index in [2.05, 4.69) is 5.32 Å². The zero-order chi connectivity index (χ0) is 11.6. The van der Waals surface area contributed by atoms with Crippen LogP contribution < -0.4 is 5.32 Å². The molecule has 0 saturated carbocycles. The minimum Gasteiger partial charge on any atom is -0.394 e. The van der Waals surface area contributed by atoms with E-state index in [-0.39, 0.29) is 0 Å². The van der Waals surface area contributed by atoms with Crippen molar-refractivity contribution in [2.45, 2.75) is 31.0 Å². The normalized spacial score (nSPS) is 41.3. The van der Waals surface area contributed by atoms with Crippen molar-refractivity contribution in [1.29, 1.82) is 0 Å². The molecule has 1 amide bonds. The number of aliphatic hydroxyl groups is 4. The predicted octanol–water partition coefficient (Wildman–Crippen LogP) is -3.08. The van der Waals surface area contributed by atoms with Crippen LogP contribution in [0.15, 0.2) is 0 Å². The monoisotopic (exact) mass is 221 g/mol. The average Bonchev–Trinajstić information content (AvgIpc) is 2.14. The fourth-order valence-electron chi connectivity index (χ4n) is 1.48. The van der Waals surface area contributed by atoms with Crippen LogP contribution in [0.3, 0.4) is 0 Å². The molecule has 7 heteroatoms. The van der Waals surface area contributed by atoms with Gasteiger partial charge in [0.25, 0.3) is 0 Å². The van der Waals surface area contributed by atoms with Gasteiger partial charge >= 0.3 is 0 Å². The summed E-state index contributed by atoms with van der Waals surface area (Å²) in [6, 6.07) is 0. The van der Waals surface area contributed by atoms with Crippen molar-refractivity contribution in [2.24, 2.45) is 0 Å². The topological polar surface area (TPSA) is 119 Å². The van der Waals surface area contributed by atoms with Crippen molar-refractivity contribution >= 4 is 5.91 Å². The second-order valence-corrected chi connectivity index (χ2v) is 3.57. The van der Waals surface area contributed by atoms with Crippen LogP contribution in [0, 0.1) is 0 Å². The van der Waals surface area contributed by atoms with Crippen LogP contribution >= 0.6 is 0 Å². The molecule has 0 radical (unpaired) electrons. The molecule has 88 valence electrons. The Hall–Kier alpha value is -0.730. The number of ether oxygens (including phenoxy) is 1. The molecule has 0 aromatic heterocycles. The van der Waals surface area contributed by atoms with Crippen molar-refractivity contribution in [3.8, 4) is 0 Å². The number of carbonyl (C=O) groups excluding carboxylic acids is 1. The van der Waals surface area contributed by atoms with Gasteiger partial charge in [-0.3, -0.25) is 4.79 Å². The number of hydrogen-bond acceptors (Lipinski definition) is 6. The standard InChI is InChI=1S/C8H15NO6/c1-4(11)9-8(14)3-15-5(2-10)6(12)7(8)13/h5-7,10,12-14H,2-3H2,1H3,(H,9,11)/t5-,6-,7+,8-/m1/s1.